The second kappa shape index (κ2) is 2.98. The van der Waals surface area contributed by atoms with E-state index < -0.39 is 17.3 Å². The Labute approximate surface area is 67.5 Å². The molecular weight excluding hydrogens is 162 g/mol. The number of benzene rings is 1. The summed E-state index contributed by atoms with van der Waals surface area (Å²) in [5.41, 5.74) is -0.800. The molecule has 0 unspecified atom stereocenters. The topological polar surface area (TPSA) is 28.1 Å². The van der Waals surface area contributed by atoms with Gasteiger partial charge in [0.25, 0.3) is 5.69 Å². The molecular formula is C8H2F2N2. The maximum absolute atomic E-state index is 12.7. The molecule has 0 atom stereocenters. The summed E-state index contributed by atoms with van der Waals surface area (Å²) in [7, 11) is 0. The molecule has 0 aromatic heterocycles. The van der Waals surface area contributed by atoms with Crippen LogP contribution in [-0.2, 0) is 0 Å². The van der Waals surface area contributed by atoms with Crippen molar-refractivity contribution in [2.75, 3.05) is 0 Å². The Balaban J connectivity index is 3.43. The van der Waals surface area contributed by atoms with E-state index in [1.165, 1.54) is 0 Å². The molecule has 1 aromatic carbocycles. The smallest absolute Gasteiger partial charge is 0.232 e. The van der Waals surface area contributed by atoms with Gasteiger partial charge in [-0.05, 0) is 12.1 Å². The Kier molecular flexibility index (Phi) is 2.02. The van der Waals surface area contributed by atoms with E-state index in [0.717, 1.165) is 12.1 Å². The molecule has 4 heteroatoms. The molecule has 0 heterocycles. The van der Waals surface area contributed by atoms with Crippen LogP contribution in [0.15, 0.2) is 12.1 Å². The van der Waals surface area contributed by atoms with Crippen LogP contribution in [0.2, 0.25) is 0 Å². The van der Waals surface area contributed by atoms with Gasteiger partial charge >= 0.3 is 0 Å². The third-order valence-corrected chi connectivity index (χ3v) is 1.26. The number of nitriles is 1. The molecule has 0 radical (unpaired) electrons. The molecule has 0 spiro atoms. The number of hydrogen-bond donors (Lipinski definition) is 0. The summed E-state index contributed by atoms with van der Waals surface area (Å²) >= 11 is 0. The van der Waals surface area contributed by atoms with Crippen molar-refractivity contribution in [3.63, 3.8) is 0 Å². The minimum Gasteiger partial charge on any atom is -0.232 e. The molecule has 0 amide bonds. The Morgan fingerprint density at radius 3 is 2.17 bits per heavy atom. The minimum absolute atomic E-state index is 0.127. The van der Waals surface area contributed by atoms with Gasteiger partial charge in [0.05, 0.1) is 18.2 Å². The monoisotopic (exact) mass is 164 g/mol. The van der Waals surface area contributed by atoms with E-state index in [-0.39, 0.29) is 5.56 Å². The highest BCUT2D eigenvalue weighted by Crippen LogP contribution is 2.22. The molecule has 0 N–H and O–H groups in total. The predicted octanol–water partition coefficient (Wildman–Crippen LogP) is 2.39. The van der Waals surface area contributed by atoms with Gasteiger partial charge in [-0.3, -0.25) is 0 Å². The molecule has 0 saturated heterocycles. The molecule has 0 aliphatic carbocycles. The summed E-state index contributed by atoms with van der Waals surface area (Å²) in [6.07, 6.45) is 0. The normalized spacial score (nSPS) is 8.67. The molecule has 58 valence electrons. The van der Waals surface area contributed by atoms with E-state index in [1.54, 1.807) is 6.07 Å². The van der Waals surface area contributed by atoms with E-state index >= 15 is 0 Å². The van der Waals surface area contributed by atoms with Crippen molar-refractivity contribution in [3.05, 3.63) is 40.7 Å². The first-order valence-corrected chi connectivity index (χ1v) is 2.95. The van der Waals surface area contributed by atoms with Crippen LogP contribution in [0.4, 0.5) is 14.5 Å². The lowest BCUT2D eigenvalue weighted by molar-refractivity contribution is 0.593. The SMILES string of the molecule is [C-]#[N+]c1c(F)cc(C#N)cc1F. The summed E-state index contributed by atoms with van der Waals surface area (Å²) < 4.78 is 25.4. The molecule has 1 rings (SSSR count). The van der Waals surface area contributed by atoms with Gasteiger partial charge in [0, 0.05) is 0 Å². The van der Waals surface area contributed by atoms with Gasteiger partial charge < -0.3 is 0 Å². The van der Waals surface area contributed by atoms with Gasteiger partial charge in [0.2, 0.25) is 0 Å². The van der Waals surface area contributed by atoms with Crippen molar-refractivity contribution in [1.29, 1.82) is 5.26 Å². The van der Waals surface area contributed by atoms with Gasteiger partial charge in [0.1, 0.15) is 11.6 Å². The van der Waals surface area contributed by atoms with Crippen LogP contribution >= 0.6 is 0 Å². The molecule has 0 aliphatic rings. The average Bonchev–Trinajstić information content (AvgIpc) is 2.03. The zero-order valence-corrected chi connectivity index (χ0v) is 5.81. The quantitative estimate of drug-likeness (QED) is 0.541. The van der Waals surface area contributed by atoms with Crippen LogP contribution in [0.25, 0.3) is 4.85 Å². The maximum atomic E-state index is 12.7. The summed E-state index contributed by atoms with van der Waals surface area (Å²) in [6, 6.07) is 3.24. The largest absolute Gasteiger partial charge is 0.256 e. The fourth-order valence-electron chi connectivity index (χ4n) is 0.737. The first-order valence-electron chi connectivity index (χ1n) is 2.95. The van der Waals surface area contributed by atoms with Crippen molar-refractivity contribution >= 4 is 5.69 Å². The fraction of sp³-hybridized carbons (Fsp3) is 0. The highest BCUT2D eigenvalue weighted by molar-refractivity contribution is 5.50. The zero-order valence-electron chi connectivity index (χ0n) is 5.81. The fourth-order valence-corrected chi connectivity index (χ4v) is 0.737. The second-order valence-electron chi connectivity index (χ2n) is 2.01. The molecule has 0 fully saturated rings. The summed E-state index contributed by atoms with van der Waals surface area (Å²) in [6.45, 7) is 6.42. The van der Waals surface area contributed by atoms with Crippen LogP contribution in [0.3, 0.4) is 0 Å². The van der Waals surface area contributed by atoms with Gasteiger partial charge in [-0.15, -0.1) is 0 Å². The highest BCUT2D eigenvalue weighted by atomic mass is 19.1. The van der Waals surface area contributed by atoms with E-state index in [2.05, 4.69) is 4.85 Å². The summed E-state index contributed by atoms with van der Waals surface area (Å²) in [5, 5.41) is 8.29. The number of rotatable bonds is 0. The second-order valence-corrected chi connectivity index (χ2v) is 2.01. The third kappa shape index (κ3) is 1.23. The Morgan fingerprint density at radius 2 is 1.83 bits per heavy atom. The van der Waals surface area contributed by atoms with Crippen LogP contribution in [0, 0.1) is 29.5 Å². The van der Waals surface area contributed by atoms with Crippen LogP contribution in [0.1, 0.15) is 5.56 Å². The standard InChI is InChI=1S/C8H2F2N2/c1-12-8-6(9)2-5(4-11)3-7(8)10/h2-3H. The van der Waals surface area contributed by atoms with E-state index in [0.29, 0.717) is 0 Å². The van der Waals surface area contributed by atoms with E-state index in [9.17, 15) is 8.78 Å². The summed E-state index contributed by atoms with van der Waals surface area (Å²) in [5.74, 6) is -2.00. The van der Waals surface area contributed by atoms with Crippen molar-refractivity contribution in [2.45, 2.75) is 0 Å². The number of nitrogens with zero attached hydrogens (tertiary/aromatic N) is 2. The van der Waals surface area contributed by atoms with Gasteiger partial charge in [0.15, 0.2) is 0 Å². The average molecular weight is 164 g/mol. The Bertz CT molecular complexity index is 375. The number of halogens is 2. The lowest BCUT2D eigenvalue weighted by Gasteiger charge is -1.95. The molecule has 12 heavy (non-hydrogen) atoms. The predicted molar refractivity (Wildman–Crippen MR) is 37.3 cm³/mol. The van der Waals surface area contributed by atoms with Gasteiger partial charge in [-0.25, -0.2) is 13.6 Å². The Morgan fingerprint density at radius 1 is 1.33 bits per heavy atom. The zero-order chi connectivity index (χ0) is 9.14. The molecule has 2 nitrogen and oxygen atoms in total. The third-order valence-electron chi connectivity index (χ3n) is 1.26. The first kappa shape index (κ1) is 8.16. The summed E-state index contributed by atoms with van der Waals surface area (Å²) in [4.78, 5) is 2.64. The van der Waals surface area contributed by atoms with E-state index in [4.69, 9.17) is 11.8 Å². The first-order chi connectivity index (χ1) is 5.69. The van der Waals surface area contributed by atoms with E-state index in [1.807, 2.05) is 0 Å². The molecule has 0 saturated carbocycles. The van der Waals surface area contributed by atoms with Crippen molar-refractivity contribution in [2.24, 2.45) is 0 Å². The molecule has 1 aromatic rings. The number of hydrogen-bond acceptors (Lipinski definition) is 1. The highest BCUT2D eigenvalue weighted by Gasteiger charge is 2.10. The van der Waals surface area contributed by atoms with Gasteiger partial charge in [-0.1, -0.05) is 0 Å². The van der Waals surface area contributed by atoms with Crippen molar-refractivity contribution < 1.29 is 8.78 Å². The minimum atomic E-state index is -0.999. The van der Waals surface area contributed by atoms with Crippen molar-refractivity contribution in [3.8, 4) is 6.07 Å². The van der Waals surface area contributed by atoms with Crippen LogP contribution in [0.5, 0.6) is 0 Å². The van der Waals surface area contributed by atoms with Gasteiger partial charge in [-0.2, -0.15) is 5.26 Å². The van der Waals surface area contributed by atoms with Crippen LogP contribution in [-0.4, -0.2) is 0 Å². The Hall–Kier alpha value is -1.94. The molecule has 0 bridgehead atoms. The lowest BCUT2D eigenvalue weighted by Crippen LogP contribution is -1.84. The lowest BCUT2D eigenvalue weighted by atomic mass is 10.2. The molecule has 0 aliphatic heterocycles. The van der Waals surface area contributed by atoms with Crippen LogP contribution < -0.4 is 0 Å². The maximum Gasteiger partial charge on any atom is 0.256 e. The van der Waals surface area contributed by atoms with Crippen molar-refractivity contribution in [1.82, 2.24) is 0 Å².